The van der Waals surface area contributed by atoms with E-state index in [2.05, 4.69) is 0 Å². The van der Waals surface area contributed by atoms with Gasteiger partial charge in [0.1, 0.15) is 12.1 Å². The van der Waals surface area contributed by atoms with Crippen LogP contribution in [-0.2, 0) is 62.0 Å². The maximum atomic E-state index is 10.2. The smallest absolute Gasteiger partial charge is 0.139 e. The van der Waals surface area contributed by atoms with E-state index < -0.39 is 0 Å². The Labute approximate surface area is 93.0 Å². The molecule has 0 fully saturated rings. The van der Waals surface area contributed by atoms with Crippen LogP contribution in [0.15, 0.2) is 0 Å². The van der Waals surface area contributed by atoms with Crippen molar-refractivity contribution < 1.29 is 62.0 Å². The number of hydrogen-bond donors (Lipinski definition) is 0. The van der Waals surface area contributed by atoms with E-state index in [1.54, 1.807) is 6.92 Å². The number of carbonyl (C=O) groups excluding carboxylic acids is 2. The van der Waals surface area contributed by atoms with Crippen molar-refractivity contribution in [3.63, 3.8) is 0 Å². The Morgan fingerprint density at radius 2 is 1.89 bits per heavy atom. The molecule has 2 nitrogen and oxygen atoms in total. The third kappa shape index (κ3) is 12.3. The maximum Gasteiger partial charge on any atom is 0.139 e. The number of ketones is 1. The van der Waals surface area contributed by atoms with E-state index in [-0.39, 0.29) is 64.6 Å². The van der Waals surface area contributed by atoms with E-state index in [4.69, 9.17) is 0 Å². The van der Waals surface area contributed by atoms with Crippen LogP contribution in [-0.4, -0.2) is 12.1 Å². The van der Waals surface area contributed by atoms with Crippen molar-refractivity contribution >= 4 is 12.1 Å². The molecule has 0 bridgehead atoms. The first kappa shape index (κ1) is 16.6. The first-order chi connectivity index (χ1) is 3.31. The fraction of sp³-hybridized carbons (Fsp3) is 0.600. The van der Waals surface area contributed by atoms with E-state index in [0.717, 1.165) is 0 Å². The summed E-state index contributed by atoms with van der Waals surface area (Å²) in [5, 5.41) is 0. The zero-order valence-corrected chi connectivity index (χ0v) is 10.2. The van der Waals surface area contributed by atoms with Gasteiger partial charge in [0.25, 0.3) is 0 Å². The van der Waals surface area contributed by atoms with Gasteiger partial charge in [-0.25, -0.2) is 0 Å². The number of hydrogen-bond acceptors (Lipinski definition) is 2. The Morgan fingerprint density at radius 3 is 2.00 bits per heavy atom. The molecule has 0 aliphatic heterocycles. The average Bonchev–Trinajstić information content (AvgIpc) is 1.68. The monoisotopic (exact) mass is 280 g/mol. The van der Waals surface area contributed by atoms with Crippen LogP contribution in [0.3, 0.4) is 0 Å². The van der Waals surface area contributed by atoms with E-state index in [1.165, 1.54) is 0 Å². The summed E-state index contributed by atoms with van der Waals surface area (Å²) in [4.78, 5) is 19.7. The normalized spacial score (nSPS) is 6.33. The number of Topliss-reactive ketones (excluding diaryl/α,β-unsaturated/α-hetero) is 1. The van der Waals surface area contributed by atoms with Crippen molar-refractivity contribution in [3.8, 4) is 0 Å². The molecule has 0 radical (unpaired) electrons. The number of carbonyl (C=O) groups is 2. The Balaban J connectivity index is -0.000000180. The first-order valence-corrected chi connectivity index (χ1v) is 2.26. The van der Waals surface area contributed by atoms with Gasteiger partial charge in [0.2, 0.25) is 0 Å². The molecule has 0 aliphatic carbocycles. The fourth-order valence-corrected chi connectivity index (χ4v) is 0.237. The van der Waals surface area contributed by atoms with Crippen LogP contribution in [0.2, 0.25) is 0 Å². The molecule has 0 aromatic carbocycles. The molecule has 0 amide bonds. The third-order valence-corrected chi connectivity index (χ3v) is 0.705. The zero-order valence-electron chi connectivity index (χ0n) is 5.31. The second-order valence-corrected chi connectivity index (χ2v) is 1.26. The second kappa shape index (κ2) is 11.8. The summed E-state index contributed by atoms with van der Waals surface area (Å²) in [7, 11) is 0. The largest absolute Gasteiger partial charge is 0.303 e. The quantitative estimate of drug-likeness (QED) is 0.560. The van der Waals surface area contributed by atoms with Crippen LogP contribution in [0.5, 0.6) is 0 Å². The predicted octanol–water partition coefficient (Wildman–Crippen LogP) is 0.549. The Kier molecular flexibility index (Phi) is 21.8. The molecule has 0 N–H and O–H groups in total. The molecule has 4 heteroatoms. The number of rotatable bonds is 3. The first-order valence-electron chi connectivity index (χ1n) is 2.26. The summed E-state index contributed by atoms with van der Waals surface area (Å²) in [6, 6.07) is 0. The van der Waals surface area contributed by atoms with Crippen LogP contribution in [0, 0.1) is 0 Å². The Bertz CT molecular complexity index is 83.0. The van der Waals surface area contributed by atoms with Gasteiger partial charge in [0, 0.05) is 58.8 Å². The van der Waals surface area contributed by atoms with Gasteiger partial charge in [0.05, 0.1) is 6.42 Å². The van der Waals surface area contributed by atoms with Crippen molar-refractivity contribution in [1.29, 1.82) is 0 Å². The molecule has 0 unspecified atom stereocenters. The van der Waals surface area contributed by atoms with E-state index in [0.29, 0.717) is 12.7 Å². The molecule has 0 aliphatic rings. The molecule has 0 heterocycles. The molecule has 9 heavy (non-hydrogen) atoms. The number of aldehydes is 1. The molecular weight excluding hydrogens is 275 g/mol. The Hall–Kier alpha value is 1.11. The molecule has 0 rings (SSSR count). The summed E-state index contributed by atoms with van der Waals surface area (Å²) < 4.78 is 0. The minimum atomic E-state index is 0. The molecular formula is C5H8O2Zr2. The second-order valence-electron chi connectivity index (χ2n) is 1.26. The molecule has 0 atom stereocenters. The fourth-order valence-electron chi connectivity index (χ4n) is 0.237. The van der Waals surface area contributed by atoms with E-state index in [1.807, 2.05) is 0 Å². The van der Waals surface area contributed by atoms with Crippen LogP contribution in [0.1, 0.15) is 19.8 Å². The minimum Gasteiger partial charge on any atom is -0.303 e. The van der Waals surface area contributed by atoms with Gasteiger partial charge in [-0.05, 0) is 0 Å². The minimum absolute atomic E-state index is 0. The summed E-state index contributed by atoms with van der Waals surface area (Å²) in [5.41, 5.74) is 0. The summed E-state index contributed by atoms with van der Waals surface area (Å²) in [6.07, 6.45) is 1.18. The van der Waals surface area contributed by atoms with Crippen molar-refractivity contribution in [1.82, 2.24) is 0 Å². The molecule has 0 spiro atoms. The van der Waals surface area contributed by atoms with Gasteiger partial charge in [-0.3, -0.25) is 4.79 Å². The average molecular weight is 283 g/mol. The van der Waals surface area contributed by atoms with Gasteiger partial charge in [-0.2, -0.15) is 0 Å². The molecule has 48 valence electrons. The van der Waals surface area contributed by atoms with Gasteiger partial charge in [-0.1, -0.05) is 6.92 Å². The van der Waals surface area contributed by atoms with Gasteiger partial charge in [-0.15, -0.1) is 0 Å². The van der Waals surface area contributed by atoms with E-state index >= 15 is 0 Å². The van der Waals surface area contributed by atoms with Gasteiger partial charge >= 0.3 is 0 Å². The SMILES string of the molecule is CCC(=O)CC=O.[Zr].[Zr]. The van der Waals surface area contributed by atoms with Gasteiger partial charge in [0.15, 0.2) is 0 Å². The molecule has 0 aromatic rings. The maximum absolute atomic E-state index is 10.2. The molecule has 0 saturated carbocycles. The van der Waals surface area contributed by atoms with Crippen LogP contribution in [0.4, 0.5) is 0 Å². The van der Waals surface area contributed by atoms with Crippen molar-refractivity contribution in [3.05, 3.63) is 0 Å². The van der Waals surface area contributed by atoms with Gasteiger partial charge < -0.3 is 4.79 Å². The van der Waals surface area contributed by atoms with Crippen molar-refractivity contribution in [2.75, 3.05) is 0 Å². The van der Waals surface area contributed by atoms with E-state index in [9.17, 15) is 9.59 Å². The topological polar surface area (TPSA) is 34.1 Å². The van der Waals surface area contributed by atoms with Crippen LogP contribution < -0.4 is 0 Å². The Morgan fingerprint density at radius 1 is 1.44 bits per heavy atom. The molecule has 0 saturated heterocycles. The van der Waals surface area contributed by atoms with Crippen LogP contribution in [0.25, 0.3) is 0 Å². The summed E-state index contributed by atoms with van der Waals surface area (Å²) >= 11 is 0. The van der Waals surface area contributed by atoms with Crippen molar-refractivity contribution in [2.45, 2.75) is 19.8 Å². The van der Waals surface area contributed by atoms with Crippen molar-refractivity contribution in [2.24, 2.45) is 0 Å². The summed E-state index contributed by atoms with van der Waals surface area (Å²) in [6.45, 7) is 1.74. The predicted molar refractivity (Wildman–Crippen MR) is 26.0 cm³/mol. The van der Waals surface area contributed by atoms with Crippen LogP contribution >= 0.6 is 0 Å². The standard InChI is InChI=1S/C5H8O2.2Zr/c1-2-5(7)3-4-6;;/h4H,2-3H2,1H3;;. The molecule has 0 aromatic heterocycles. The third-order valence-electron chi connectivity index (χ3n) is 0.705. The summed E-state index contributed by atoms with van der Waals surface area (Å²) in [5.74, 6) is 0.00926. The zero-order chi connectivity index (χ0) is 5.70.